The van der Waals surface area contributed by atoms with Crippen molar-refractivity contribution in [2.45, 2.75) is 31.1 Å². The maximum absolute atomic E-state index is 6.79. The predicted molar refractivity (Wildman–Crippen MR) is 84.8 cm³/mol. The van der Waals surface area contributed by atoms with Gasteiger partial charge in [-0.2, -0.15) is 0 Å². The molecule has 0 bridgehead atoms. The van der Waals surface area contributed by atoms with Crippen molar-refractivity contribution in [2.75, 3.05) is 14.2 Å². The minimum atomic E-state index is 0.0278. The Morgan fingerprint density at radius 2 is 1.70 bits per heavy atom. The molecule has 4 heteroatoms. The van der Waals surface area contributed by atoms with Gasteiger partial charge >= 0.3 is 0 Å². The quantitative estimate of drug-likeness (QED) is 0.689. The molecule has 1 aromatic carbocycles. The van der Waals surface area contributed by atoms with Crippen LogP contribution < -0.4 is 9.47 Å². The number of halogens is 2. The molecule has 0 N–H and O–H groups in total. The molecule has 2 aliphatic carbocycles. The first-order valence-electron chi connectivity index (χ1n) is 7.23. The Morgan fingerprint density at radius 1 is 1.10 bits per heavy atom. The van der Waals surface area contributed by atoms with Crippen molar-refractivity contribution in [3.63, 3.8) is 0 Å². The zero-order valence-corrected chi connectivity index (χ0v) is 14.2. The number of fused-ring (bicyclic) bond motifs is 1. The number of benzene rings is 1. The molecular formula is C16H20BrClO2. The van der Waals surface area contributed by atoms with Crippen molar-refractivity contribution in [1.29, 1.82) is 0 Å². The standard InChI is InChI=1S/C16H20BrClO2/c1-19-13-8-12(17)14(20-2)7-11(13)16(18)15-9-5-3-4-6-10(9)15/h7-10,15-16H,3-6H2,1-2H3. The molecule has 0 aliphatic heterocycles. The molecule has 3 unspecified atom stereocenters. The van der Waals surface area contributed by atoms with Crippen molar-refractivity contribution in [2.24, 2.45) is 17.8 Å². The van der Waals surface area contributed by atoms with Gasteiger partial charge < -0.3 is 9.47 Å². The van der Waals surface area contributed by atoms with Crippen LogP contribution >= 0.6 is 27.5 Å². The van der Waals surface area contributed by atoms with E-state index < -0.39 is 0 Å². The highest BCUT2D eigenvalue weighted by atomic mass is 79.9. The molecule has 2 aliphatic rings. The topological polar surface area (TPSA) is 18.5 Å². The molecule has 0 amide bonds. The average Bonchev–Trinajstić information content (AvgIpc) is 3.20. The SMILES string of the molecule is COc1cc(C(Cl)C2C3CCCCC32)c(OC)cc1Br. The molecule has 0 spiro atoms. The highest BCUT2D eigenvalue weighted by Gasteiger charge is 2.54. The Kier molecular flexibility index (Phi) is 4.19. The molecule has 1 aromatic rings. The second kappa shape index (κ2) is 5.76. The lowest BCUT2D eigenvalue weighted by Gasteiger charge is -2.16. The fourth-order valence-electron chi connectivity index (χ4n) is 3.79. The first-order chi connectivity index (χ1) is 9.67. The van der Waals surface area contributed by atoms with Crippen LogP contribution in [0.1, 0.15) is 36.6 Å². The maximum atomic E-state index is 6.79. The third-order valence-corrected chi connectivity index (χ3v) is 6.01. The van der Waals surface area contributed by atoms with E-state index in [0.717, 1.165) is 33.4 Å². The molecule has 2 fully saturated rings. The summed E-state index contributed by atoms with van der Waals surface area (Å²) >= 11 is 10.3. The van der Waals surface area contributed by atoms with E-state index in [1.54, 1.807) is 14.2 Å². The van der Waals surface area contributed by atoms with Crippen LogP contribution in [0.25, 0.3) is 0 Å². The zero-order valence-electron chi connectivity index (χ0n) is 11.9. The van der Waals surface area contributed by atoms with Crippen LogP contribution in [0.2, 0.25) is 0 Å². The summed E-state index contributed by atoms with van der Waals surface area (Å²) in [6, 6.07) is 3.97. The summed E-state index contributed by atoms with van der Waals surface area (Å²) in [6.07, 6.45) is 5.41. The van der Waals surface area contributed by atoms with Crippen LogP contribution in [-0.2, 0) is 0 Å². The van der Waals surface area contributed by atoms with Gasteiger partial charge in [0.05, 0.1) is 24.1 Å². The minimum absolute atomic E-state index is 0.0278. The van der Waals surface area contributed by atoms with E-state index in [0.29, 0.717) is 5.92 Å². The van der Waals surface area contributed by atoms with Gasteiger partial charge in [0.15, 0.2) is 0 Å². The first kappa shape index (κ1) is 14.5. The van der Waals surface area contributed by atoms with Crippen LogP contribution in [0.4, 0.5) is 0 Å². The monoisotopic (exact) mass is 358 g/mol. The molecule has 0 aromatic heterocycles. The van der Waals surface area contributed by atoms with Gasteiger partial charge in [0.1, 0.15) is 11.5 Å². The van der Waals surface area contributed by atoms with Crippen molar-refractivity contribution < 1.29 is 9.47 Å². The van der Waals surface area contributed by atoms with Crippen LogP contribution in [0.5, 0.6) is 11.5 Å². The van der Waals surface area contributed by atoms with Crippen molar-refractivity contribution in [1.82, 2.24) is 0 Å². The second-order valence-corrected chi connectivity index (χ2v) is 7.14. The van der Waals surface area contributed by atoms with Crippen molar-refractivity contribution in [3.8, 4) is 11.5 Å². The molecule has 3 atom stereocenters. The fourth-order valence-corrected chi connectivity index (χ4v) is 4.82. The first-order valence-corrected chi connectivity index (χ1v) is 8.45. The number of ether oxygens (including phenoxy) is 2. The molecule has 20 heavy (non-hydrogen) atoms. The highest BCUT2D eigenvalue weighted by molar-refractivity contribution is 9.10. The molecule has 2 saturated carbocycles. The Balaban J connectivity index is 1.88. The summed E-state index contributed by atoms with van der Waals surface area (Å²) in [4.78, 5) is 0. The lowest BCUT2D eigenvalue weighted by atomic mass is 10.0. The molecular weight excluding hydrogens is 340 g/mol. The third-order valence-electron chi connectivity index (χ3n) is 4.86. The zero-order chi connectivity index (χ0) is 14.3. The van der Waals surface area contributed by atoms with E-state index in [1.165, 1.54) is 25.7 Å². The van der Waals surface area contributed by atoms with Gasteiger partial charge in [0.25, 0.3) is 0 Å². The van der Waals surface area contributed by atoms with Gasteiger partial charge in [-0.3, -0.25) is 0 Å². The van der Waals surface area contributed by atoms with Gasteiger partial charge in [-0.25, -0.2) is 0 Å². The molecule has 3 rings (SSSR count). The van der Waals surface area contributed by atoms with Crippen LogP contribution in [-0.4, -0.2) is 14.2 Å². The maximum Gasteiger partial charge on any atom is 0.133 e. The predicted octanol–water partition coefficient (Wildman–Crippen LogP) is 5.18. The normalized spacial score (nSPS) is 29.5. The smallest absolute Gasteiger partial charge is 0.133 e. The van der Waals surface area contributed by atoms with E-state index >= 15 is 0 Å². The van der Waals surface area contributed by atoms with Gasteiger partial charge in [0.2, 0.25) is 0 Å². The van der Waals surface area contributed by atoms with E-state index in [1.807, 2.05) is 12.1 Å². The van der Waals surface area contributed by atoms with Gasteiger partial charge in [-0.15, -0.1) is 11.6 Å². The van der Waals surface area contributed by atoms with E-state index in [2.05, 4.69) is 15.9 Å². The van der Waals surface area contributed by atoms with Crippen LogP contribution in [0.3, 0.4) is 0 Å². The Morgan fingerprint density at radius 3 is 2.25 bits per heavy atom. The third kappa shape index (κ3) is 2.43. The van der Waals surface area contributed by atoms with Gasteiger partial charge in [-0.1, -0.05) is 12.8 Å². The molecule has 0 heterocycles. The molecule has 110 valence electrons. The summed E-state index contributed by atoms with van der Waals surface area (Å²) in [5.41, 5.74) is 1.06. The van der Waals surface area contributed by atoms with E-state index in [-0.39, 0.29) is 5.38 Å². The van der Waals surface area contributed by atoms with Crippen LogP contribution in [0, 0.1) is 17.8 Å². The summed E-state index contributed by atoms with van der Waals surface area (Å²) in [7, 11) is 3.37. The summed E-state index contributed by atoms with van der Waals surface area (Å²) < 4.78 is 11.8. The number of rotatable bonds is 4. The van der Waals surface area contributed by atoms with Crippen molar-refractivity contribution in [3.05, 3.63) is 22.2 Å². The highest BCUT2D eigenvalue weighted by Crippen LogP contribution is 2.63. The summed E-state index contributed by atoms with van der Waals surface area (Å²) in [6.45, 7) is 0. The van der Waals surface area contributed by atoms with Gasteiger partial charge in [-0.05, 0) is 58.7 Å². The Labute approximate surface area is 133 Å². The molecule has 0 saturated heterocycles. The largest absolute Gasteiger partial charge is 0.496 e. The number of hydrogen-bond donors (Lipinski definition) is 0. The van der Waals surface area contributed by atoms with Crippen molar-refractivity contribution >= 4 is 27.5 Å². The van der Waals surface area contributed by atoms with Gasteiger partial charge in [0, 0.05) is 5.56 Å². The van der Waals surface area contributed by atoms with Crippen LogP contribution in [0.15, 0.2) is 16.6 Å². The summed E-state index contributed by atoms with van der Waals surface area (Å²) in [5.74, 6) is 3.92. The average molecular weight is 360 g/mol. The molecule has 0 radical (unpaired) electrons. The lowest BCUT2D eigenvalue weighted by Crippen LogP contribution is -2.01. The number of hydrogen-bond acceptors (Lipinski definition) is 2. The number of alkyl halides is 1. The van der Waals surface area contributed by atoms with E-state index in [9.17, 15) is 0 Å². The second-order valence-electron chi connectivity index (χ2n) is 5.82. The Hall–Kier alpha value is -0.410. The number of methoxy groups -OCH3 is 2. The lowest BCUT2D eigenvalue weighted by molar-refractivity contribution is 0.394. The fraction of sp³-hybridized carbons (Fsp3) is 0.625. The summed E-state index contributed by atoms with van der Waals surface area (Å²) in [5, 5.41) is 0.0278. The minimum Gasteiger partial charge on any atom is -0.496 e. The molecule has 2 nitrogen and oxygen atoms in total. The Bertz CT molecular complexity index is 493. The van der Waals surface area contributed by atoms with E-state index in [4.69, 9.17) is 21.1 Å².